The van der Waals surface area contributed by atoms with Gasteiger partial charge in [0.1, 0.15) is 11.3 Å². The van der Waals surface area contributed by atoms with Crippen molar-refractivity contribution in [1.29, 1.82) is 0 Å². The molecule has 4 rings (SSSR count). The Morgan fingerprint density at radius 3 is 2.47 bits per heavy atom. The molecule has 0 spiro atoms. The van der Waals surface area contributed by atoms with Crippen LogP contribution < -0.4 is 5.63 Å². The topological polar surface area (TPSA) is 56.9 Å². The highest BCUT2D eigenvalue weighted by Gasteiger charge is 2.18. The summed E-state index contributed by atoms with van der Waals surface area (Å²) in [5.41, 5.74) is 2.03. The number of piperazine rings is 1. The van der Waals surface area contributed by atoms with Crippen LogP contribution in [0.4, 0.5) is 0 Å². The van der Waals surface area contributed by atoms with Crippen LogP contribution >= 0.6 is 24.0 Å². The molecule has 3 aromatic rings. The summed E-state index contributed by atoms with van der Waals surface area (Å²) in [6.07, 6.45) is 4.36. The molecule has 5 nitrogen and oxygen atoms in total. The van der Waals surface area contributed by atoms with E-state index in [2.05, 4.69) is 34.1 Å². The lowest BCUT2D eigenvalue weighted by atomic mass is 10.1. The second-order valence-corrected chi connectivity index (χ2v) is 7.69. The number of rotatable bonds is 5. The predicted octanol–water partition coefficient (Wildman–Crippen LogP) is 4.40. The first-order valence-electron chi connectivity index (χ1n) is 9.70. The molecule has 0 atom stereocenters. The Balaban J connectivity index is 0.00000256. The van der Waals surface area contributed by atoms with Crippen LogP contribution in [0, 0.1) is 0 Å². The van der Waals surface area contributed by atoms with Crippen molar-refractivity contribution in [2.45, 2.75) is 6.54 Å². The lowest BCUT2D eigenvalue weighted by Gasteiger charge is -2.34. The molecule has 1 fully saturated rings. The monoisotopic (exact) mass is 446 g/mol. The minimum atomic E-state index is -0.418. The first kappa shape index (κ1) is 22.4. The fourth-order valence-electron chi connectivity index (χ4n) is 3.64. The lowest BCUT2D eigenvalue weighted by molar-refractivity contribution is 0.137. The van der Waals surface area contributed by atoms with Gasteiger partial charge >= 0.3 is 5.63 Å². The molecule has 0 aliphatic carbocycles. The summed E-state index contributed by atoms with van der Waals surface area (Å²) in [4.78, 5) is 16.7. The van der Waals surface area contributed by atoms with Crippen LogP contribution in [0.2, 0.25) is 5.02 Å². The third kappa shape index (κ3) is 5.43. The molecule has 0 unspecified atom stereocenters. The summed E-state index contributed by atoms with van der Waals surface area (Å²) < 4.78 is 5.22. The number of aromatic hydroxyl groups is 1. The van der Waals surface area contributed by atoms with Crippen LogP contribution in [0.3, 0.4) is 0 Å². The van der Waals surface area contributed by atoms with E-state index in [1.54, 1.807) is 6.07 Å². The first-order valence-corrected chi connectivity index (χ1v) is 10.1. The lowest BCUT2D eigenvalue weighted by Crippen LogP contribution is -2.45. The molecular formula is C23H24Cl2N2O3. The maximum Gasteiger partial charge on any atom is 0.336 e. The fraction of sp³-hybridized carbons (Fsp3) is 0.261. The zero-order valence-electron chi connectivity index (χ0n) is 16.5. The summed E-state index contributed by atoms with van der Waals surface area (Å²) >= 11 is 6.06. The zero-order chi connectivity index (χ0) is 20.2. The molecule has 158 valence electrons. The number of phenolic OH excluding ortho intramolecular Hbond substituents is 1. The minimum Gasteiger partial charge on any atom is -0.506 e. The Morgan fingerprint density at radius 1 is 1.03 bits per heavy atom. The van der Waals surface area contributed by atoms with E-state index in [0.29, 0.717) is 12.1 Å². The molecule has 0 amide bonds. The van der Waals surface area contributed by atoms with Crippen molar-refractivity contribution in [3.8, 4) is 5.75 Å². The van der Waals surface area contributed by atoms with Crippen LogP contribution in [-0.4, -0.2) is 47.6 Å². The minimum absolute atomic E-state index is 0. The van der Waals surface area contributed by atoms with Gasteiger partial charge in [0.25, 0.3) is 0 Å². The molecule has 0 saturated carbocycles. The molecule has 2 aromatic carbocycles. The van der Waals surface area contributed by atoms with E-state index >= 15 is 0 Å². The average molecular weight is 447 g/mol. The third-order valence-corrected chi connectivity index (χ3v) is 5.53. The fourth-order valence-corrected chi connectivity index (χ4v) is 3.80. The quantitative estimate of drug-likeness (QED) is 0.588. The molecule has 0 bridgehead atoms. The molecule has 0 radical (unpaired) electrons. The van der Waals surface area contributed by atoms with E-state index in [1.807, 2.05) is 18.2 Å². The maximum atomic E-state index is 11.9. The summed E-state index contributed by atoms with van der Waals surface area (Å²) in [6, 6.07) is 14.9. The Hall–Kier alpha value is -2.31. The Morgan fingerprint density at radius 2 is 1.73 bits per heavy atom. The van der Waals surface area contributed by atoms with Gasteiger partial charge in [0.2, 0.25) is 0 Å². The maximum absolute atomic E-state index is 11.9. The van der Waals surface area contributed by atoms with E-state index in [1.165, 1.54) is 17.7 Å². The van der Waals surface area contributed by atoms with Crippen molar-refractivity contribution in [2.75, 3.05) is 32.7 Å². The van der Waals surface area contributed by atoms with Gasteiger partial charge in [0.05, 0.1) is 5.02 Å². The standard InChI is InChI=1S/C23H23ClN2O3.ClH/c24-20-14-19-18(13-23(28)29-22(19)15-21(20)27)16-26-11-9-25(10-12-26)8-4-7-17-5-2-1-3-6-17;/h1-7,13-15,27H,8-12,16H2;1H/b7-4+;. The summed E-state index contributed by atoms with van der Waals surface area (Å²) in [5, 5.41) is 10.8. The Kier molecular flexibility index (Phi) is 7.56. The van der Waals surface area contributed by atoms with Crippen LogP contribution in [0.15, 0.2) is 63.8 Å². The van der Waals surface area contributed by atoms with Gasteiger partial charge in [0, 0.05) is 56.8 Å². The van der Waals surface area contributed by atoms with Crippen LogP contribution in [-0.2, 0) is 6.54 Å². The molecule has 1 aliphatic heterocycles. The number of benzene rings is 2. The highest BCUT2D eigenvalue weighted by Crippen LogP contribution is 2.30. The van der Waals surface area contributed by atoms with Gasteiger partial charge in [-0.3, -0.25) is 9.80 Å². The molecule has 2 heterocycles. The SMILES string of the molecule is Cl.O=c1cc(CN2CCN(C/C=C/c3ccccc3)CC2)c2cc(Cl)c(O)cc2o1. The number of fused-ring (bicyclic) bond motifs is 1. The van der Waals surface area contributed by atoms with Gasteiger partial charge in [-0.25, -0.2) is 4.79 Å². The van der Waals surface area contributed by atoms with Crippen LogP contribution in [0.25, 0.3) is 17.0 Å². The largest absolute Gasteiger partial charge is 0.506 e. The second-order valence-electron chi connectivity index (χ2n) is 7.28. The van der Waals surface area contributed by atoms with Crippen LogP contribution in [0.5, 0.6) is 5.75 Å². The summed E-state index contributed by atoms with van der Waals surface area (Å²) in [7, 11) is 0. The molecule has 7 heteroatoms. The highest BCUT2D eigenvalue weighted by molar-refractivity contribution is 6.32. The third-order valence-electron chi connectivity index (χ3n) is 5.23. The second kappa shape index (κ2) is 10.1. The highest BCUT2D eigenvalue weighted by atomic mass is 35.5. The van der Waals surface area contributed by atoms with Crippen molar-refractivity contribution in [2.24, 2.45) is 0 Å². The van der Waals surface area contributed by atoms with Gasteiger partial charge < -0.3 is 9.52 Å². The smallest absolute Gasteiger partial charge is 0.336 e. The van der Waals surface area contributed by atoms with Crippen molar-refractivity contribution < 1.29 is 9.52 Å². The van der Waals surface area contributed by atoms with Gasteiger partial charge in [-0.15, -0.1) is 12.4 Å². The van der Waals surface area contributed by atoms with E-state index in [9.17, 15) is 9.90 Å². The van der Waals surface area contributed by atoms with E-state index in [-0.39, 0.29) is 23.2 Å². The molecule has 1 N–H and O–H groups in total. The van der Waals surface area contributed by atoms with E-state index in [0.717, 1.165) is 43.7 Å². The van der Waals surface area contributed by atoms with Crippen molar-refractivity contribution in [1.82, 2.24) is 9.80 Å². The van der Waals surface area contributed by atoms with Crippen molar-refractivity contribution in [3.05, 3.63) is 81.2 Å². The van der Waals surface area contributed by atoms with E-state index in [4.69, 9.17) is 16.0 Å². The molecule has 1 saturated heterocycles. The summed E-state index contributed by atoms with van der Waals surface area (Å²) in [6.45, 7) is 5.37. The van der Waals surface area contributed by atoms with Gasteiger partial charge in [-0.1, -0.05) is 54.1 Å². The number of nitrogens with zero attached hydrogens (tertiary/aromatic N) is 2. The predicted molar refractivity (Wildman–Crippen MR) is 124 cm³/mol. The van der Waals surface area contributed by atoms with Crippen molar-refractivity contribution >= 4 is 41.1 Å². The Bertz CT molecular complexity index is 1070. The molecular weight excluding hydrogens is 423 g/mol. The molecule has 1 aromatic heterocycles. The number of phenols is 1. The average Bonchev–Trinajstić information content (AvgIpc) is 2.71. The van der Waals surface area contributed by atoms with E-state index < -0.39 is 5.63 Å². The van der Waals surface area contributed by atoms with Crippen LogP contribution in [0.1, 0.15) is 11.1 Å². The number of hydrogen-bond donors (Lipinski definition) is 1. The first-order chi connectivity index (χ1) is 14.1. The van der Waals surface area contributed by atoms with Gasteiger partial charge in [-0.05, 0) is 17.2 Å². The zero-order valence-corrected chi connectivity index (χ0v) is 18.0. The van der Waals surface area contributed by atoms with Gasteiger partial charge in [0.15, 0.2) is 0 Å². The van der Waals surface area contributed by atoms with Crippen molar-refractivity contribution in [3.63, 3.8) is 0 Å². The number of hydrogen-bond acceptors (Lipinski definition) is 5. The molecule has 1 aliphatic rings. The van der Waals surface area contributed by atoms with Gasteiger partial charge in [-0.2, -0.15) is 0 Å². The number of halogens is 2. The normalized spacial score (nSPS) is 15.5. The Labute approximate surface area is 186 Å². The molecule has 30 heavy (non-hydrogen) atoms. The summed E-state index contributed by atoms with van der Waals surface area (Å²) in [5.74, 6) is -0.0864.